The van der Waals surface area contributed by atoms with Gasteiger partial charge >= 0.3 is 0 Å². The van der Waals surface area contributed by atoms with Crippen molar-refractivity contribution in [1.82, 2.24) is 4.98 Å². The monoisotopic (exact) mass is 324 g/mol. The first kappa shape index (κ1) is 16.0. The molecular formula is C15H14ClFN2O3. The quantitative estimate of drug-likeness (QED) is 0.916. The molecule has 0 aliphatic carbocycles. The Morgan fingerprint density at radius 3 is 2.82 bits per heavy atom. The molecule has 1 amide bonds. The predicted molar refractivity (Wildman–Crippen MR) is 80.9 cm³/mol. The summed E-state index contributed by atoms with van der Waals surface area (Å²) in [6.07, 6.45) is 2.17. The number of aromatic nitrogens is 1. The zero-order valence-electron chi connectivity index (χ0n) is 12.0. The number of halogens is 2. The minimum absolute atomic E-state index is 0.0959. The van der Waals surface area contributed by atoms with Crippen molar-refractivity contribution in [3.05, 3.63) is 47.5 Å². The SMILES string of the molecule is COc1ccncc1NC(=O)[C@@H](C)Oc1ccc(F)cc1Cl. The lowest BCUT2D eigenvalue weighted by molar-refractivity contribution is -0.122. The van der Waals surface area contributed by atoms with E-state index in [1.807, 2.05) is 0 Å². The van der Waals surface area contributed by atoms with E-state index in [1.54, 1.807) is 19.2 Å². The van der Waals surface area contributed by atoms with Gasteiger partial charge in [0, 0.05) is 12.3 Å². The minimum Gasteiger partial charge on any atom is -0.494 e. The third kappa shape index (κ3) is 3.85. The molecule has 0 unspecified atom stereocenters. The van der Waals surface area contributed by atoms with E-state index in [2.05, 4.69) is 10.3 Å². The summed E-state index contributed by atoms with van der Waals surface area (Å²) < 4.78 is 23.5. The lowest BCUT2D eigenvalue weighted by Gasteiger charge is -2.16. The summed E-state index contributed by atoms with van der Waals surface area (Å²) >= 11 is 5.86. The van der Waals surface area contributed by atoms with Gasteiger partial charge in [-0.3, -0.25) is 9.78 Å². The van der Waals surface area contributed by atoms with E-state index in [9.17, 15) is 9.18 Å². The van der Waals surface area contributed by atoms with E-state index in [1.165, 1.54) is 25.4 Å². The molecule has 2 rings (SSSR count). The number of carbonyl (C=O) groups excluding carboxylic acids is 1. The Balaban J connectivity index is 2.06. The molecule has 1 aromatic heterocycles. The number of amides is 1. The van der Waals surface area contributed by atoms with Crippen molar-refractivity contribution in [2.45, 2.75) is 13.0 Å². The van der Waals surface area contributed by atoms with Gasteiger partial charge in [0.25, 0.3) is 5.91 Å². The first-order chi connectivity index (χ1) is 10.5. The molecule has 0 fully saturated rings. The molecule has 0 saturated heterocycles. The molecule has 7 heteroatoms. The lowest BCUT2D eigenvalue weighted by Crippen LogP contribution is -2.30. The Morgan fingerprint density at radius 1 is 1.36 bits per heavy atom. The number of ether oxygens (including phenoxy) is 2. The maximum atomic E-state index is 13.0. The molecule has 2 aromatic rings. The molecule has 0 aliphatic heterocycles. The Morgan fingerprint density at radius 2 is 2.14 bits per heavy atom. The molecule has 5 nitrogen and oxygen atoms in total. The van der Waals surface area contributed by atoms with Crippen molar-refractivity contribution in [2.75, 3.05) is 12.4 Å². The summed E-state index contributed by atoms with van der Waals surface area (Å²) in [4.78, 5) is 16.0. The zero-order valence-corrected chi connectivity index (χ0v) is 12.7. The second-order valence-electron chi connectivity index (χ2n) is 4.40. The molecule has 1 aromatic carbocycles. The highest BCUT2D eigenvalue weighted by Crippen LogP contribution is 2.26. The van der Waals surface area contributed by atoms with E-state index >= 15 is 0 Å². The Bertz CT molecular complexity index is 682. The number of nitrogens with one attached hydrogen (secondary N) is 1. The van der Waals surface area contributed by atoms with Crippen molar-refractivity contribution in [3.63, 3.8) is 0 Å². The molecule has 0 bridgehead atoms. The van der Waals surface area contributed by atoms with Gasteiger partial charge in [0.05, 0.1) is 18.3 Å². The van der Waals surface area contributed by atoms with Gasteiger partial charge < -0.3 is 14.8 Å². The number of nitrogens with zero attached hydrogens (tertiary/aromatic N) is 1. The highest BCUT2D eigenvalue weighted by Gasteiger charge is 2.18. The van der Waals surface area contributed by atoms with Gasteiger partial charge in [-0.15, -0.1) is 0 Å². The van der Waals surface area contributed by atoms with Crippen LogP contribution < -0.4 is 14.8 Å². The van der Waals surface area contributed by atoms with E-state index in [-0.39, 0.29) is 10.8 Å². The van der Waals surface area contributed by atoms with E-state index < -0.39 is 17.8 Å². The normalized spacial score (nSPS) is 11.6. The second-order valence-corrected chi connectivity index (χ2v) is 4.81. The zero-order chi connectivity index (χ0) is 16.1. The molecule has 1 N–H and O–H groups in total. The highest BCUT2D eigenvalue weighted by molar-refractivity contribution is 6.32. The van der Waals surface area contributed by atoms with Crippen molar-refractivity contribution < 1.29 is 18.7 Å². The van der Waals surface area contributed by atoms with Crippen LogP contribution in [0.25, 0.3) is 0 Å². The topological polar surface area (TPSA) is 60.5 Å². The van der Waals surface area contributed by atoms with Crippen LogP contribution in [-0.4, -0.2) is 24.1 Å². The summed E-state index contributed by atoms with van der Waals surface area (Å²) in [7, 11) is 1.49. The van der Waals surface area contributed by atoms with Crippen LogP contribution in [0.4, 0.5) is 10.1 Å². The van der Waals surface area contributed by atoms with Gasteiger partial charge in [-0.2, -0.15) is 0 Å². The molecule has 1 heterocycles. The number of rotatable bonds is 5. The lowest BCUT2D eigenvalue weighted by atomic mass is 10.3. The van der Waals surface area contributed by atoms with E-state index in [0.717, 1.165) is 6.07 Å². The third-order valence-corrected chi connectivity index (χ3v) is 3.12. The van der Waals surface area contributed by atoms with Crippen molar-refractivity contribution in [1.29, 1.82) is 0 Å². The third-order valence-electron chi connectivity index (χ3n) is 2.83. The number of methoxy groups -OCH3 is 1. The largest absolute Gasteiger partial charge is 0.494 e. The maximum Gasteiger partial charge on any atom is 0.265 e. The van der Waals surface area contributed by atoms with Crippen LogP contribution in [0.1, 0.15) is 6.92 Å². The average molecular weight is 325 g/mol. The first-order valence-corrected chi connectivity index (χ1v) is 6.79. The number of hydrogen-bond donors (Lipinski definition) is 1. The average Bonchev–Trinajstić information content (AvgIpc) is 2.50. The number of hydrogen-bond acceptors (Lipinski definition) is 4. The predicted octanol–water partition coefficient (Wildman–Crippen LogP) is 3.29. The fourth-order valence-electron chi connectivity index (χ4n) is 1.70. The Labute approximate surface area is 132 Å². The fraction of sp³-hybridized carbons (Fsp3) is 0.200. The van der Waals surface area contributed by atoms with E-state index in [4.69, 9.17) is 21.1 Å². The fourth-order valence-corrected chi connectivity index (χ4v) is 1.91. The molecule has 0 spiro atoms. The van der Waals surface area contributed by atoms with Crippen LogP contribution in [0, 0.1) is 5.82 Å². The smallest absolute Gasteiger partial charge is 0.265 e. The summed E-state index contributed by atoms with van der Waals surface area (Å²) in [6, 6.07) is 5.31. The van der Waals surface area contributed by atoms with Gasteiger partial charge in [0.1, 0.15) is 23.0 Å². The number of benzene rings is 1. The van der Waals surface area contributed by atoms with Crippen molar-refractivity contribution >= 4 is 23.2 Å². The Hall–Kier alpha value is -2.34. The van der Waals surface area contributed by atoms with Crippen molar-refractivity contribution in [3.8, 4) is 11.5 Å². The summed E-state index contributed by atoms with van der Waals surface area (Å²) in [5.74, 6) is -0.180. The van der Waals surface area contributed by atoms with E-state index in [0.29, 0.717) is 11.4 Å². The molecule has 116 valence electrons. The summed E-state index contributed by atoms with van der Waals surface area (Å²) in [5, 5.41) is 2.74. The van der Waals surface area contributed by atoms with Crippen LogP contribution in [0.3, 0.4) is 0 Å². The van der Waals surface area contributed by atoms with Gasteiger partial charge in [-0.25, -0.2) is 4.39 Å². The summed E-state index contributed by atoms with van der Waals surface area (Å²) in [5.41, 5.74) is 0.427. The first-order valence-electron chi connectivity index (χ1n) is 6.42. The standard InChI is InChI=1S/C15H14ClFN2O3/c1-9(22-13-4-3-10(17)7-11(13)16)15(20)19-12-8-18-6-5-14(12)21-2/h3-9H,1-2H3,(H,19,20)/t9-/m1/s1. The number of anilines is 1. The van der Waals surface area contributed by atoms with Crippen LogP contribution >= 0.6 is 11.6 Å². The number of pyridine rings is 1. The van der Waals surface area contributed by atoms with Gasteiger partial charge in [0.15, 0.2) is 6.10 Å². The molecule has 1 atom stereocenters. The molecule has 22 heavy (non-hydrogen) atoms. The van der Waals surface area contributed by atoms with Crippen LogP contribution in [0.5, 0.6) is 11.5 Å². The van der Waals surface area contributed by atoms with Crippen LogP contribution in [0.15, 0.2) is 36.7 Å². The van der Waals surface area contributed by atoms with Crippen LogP contribution in [0.2, 0.25) is 5.02 Å². The van der Waals surface area contributed by atoms with Crippen LogP contribution in [-0.2, 0) is 4.79 Å². The summed E-state index contributed by atoms with van der Waals surface area (Å²) in [6.45, 7) is 1.55. The maximum absolute atomic E-state index is 13.0. The molecule has 0 aliphatic rings. The van der Waals surface area contributed by atoms with Gasteiger partial charge in [-0.05, 0) is 25.1 Å². The second kappa shape index (κ2) is 7.09. The molecule has 0 radical (unpaired) electrons. The van der Waals surface area contributed by atoms with Gasteiger partial charge in [0.2, 0.25) is 0 Å². The Kier molecular flexibility index (Phi) is 5.16. The number of carbonyl (C=O) groups is 1. The van der Waals surface area contributed by atoms with Gasteiger partial charge in [-0.1, -0.05) is 11.6 Å². The highest BCUT2D eigenvalue weighted by atomic mass is 35.5. The minimum atomic E-state index is -0.840. The molecule has 0 saturated carbocycles. The van der Waals surface area contributed by atoms with Crippen molar-refractivity contribution in [2.24, 2.45) is 0 Å². The molecular weight excluding hydrogens is 311 g/mol.